The maximum atomic E-state index is 12.4. The predicted octanol–water partition coefficient (Wildman–Crippen LogP) is 6.11. The molecule has 0 radical (unpaired) electrons. The van der Waals surface area contributed by atoms with E-state index in [4.69, 9.17) is 11.6 Å². The lowest BCUT2D eigenvalue weighted by Gasteiger charge is -2.18. The zero-order valence-electron chi connectivity index (χ0n) is 14.5. The summed E-state index contributed by atoms with van der Waals surface area (Å²) in [4.78, 5) is 12.4. The topological polar surface area (TPSA) is 29.1 Å². The van der Waals surface area contributed by atoms with E-state index < -0.39 is 0 Å². The average Bonchev–Trinajstić information content (AvgIpc) is 2.66. The van der Waals surface area contributed by atoms with Gasteiger partial charge in [0.25, 0.3) is 0 Å². The van der Waals surface area contributed by atoms with E-state index >= 15 is 0 Å². The molecule has 26 heavy (non-hydrogen) atoms. The van der Waals surface area contributed by atoms with Gasteiger partial charge in [-0.05, 0) is 41.8 Å². The van der Waals surface area contributed by atoms with Crippen molar-refractivity contribution in [2.45, 2.75) is 12.2 Å². The van der Waals surface area contributed by atoms with Crippen molar-refractivity contribution < 1.29 is 4.79 Å². The van der Waals surface area contributed by atoms with E-state index in [0.29, 0.717) is 10.8 Å². The minimum absolute atomic E-state index is 0.000746. The van der Waals surface area contributed by atoms with Gasteiger partial charge >= 0.3 is 0 Å². The third kappa shape index (κ3) is 4.90. The van der Waals surface area contributed by atoms with Crippen LogP contribution in [-0.2, 0) is 4.79 Å². The van der Waals surface area contributed by atoms with Gasteiger partial charge in [-0.25, -0.2) is 0 Å². The van der Waals surface area contributed by atoms with Crippen LogP contribution in [0.4, 0.5) is 5.69 Å². The Morgan fingerprint density at radius 2 is 1.54 bits per heavy atom. The molecule has 3 aromatic carbocycles. The Morgan fingerprint density at radius 3 is 2.23 bits per heavy atom. The molecule has 0 aliphatic carbocycles. The predicted molar refractivity (Wildman–Crippen MR) is 112 cm³/mol. The highest BCUT2D eigenvalue weighted by Gasteiger charge is 2.16. The zero-order valence-corrected chi connectivity index (χ0v) is 16.1. The monoisotopic (exact) mass is 381 g/mol. The molecule has 0 heterocycles. The van der Waals surface area contributed by atoms with Gasteiger partial charge in [-0.15, -0.1) is 11.8 Å². The van der Waals surface area contributed by atoms with Crippen molar-refractivity contribution in [3.63, 3.8) is 0 Å². The van der Waals surface area contributed by atoms with Crippen LogP contribution in [-0.4, -0.2) is 11.7 Å². The first-order valence-electron chi connectivity index (χ1n) is 8.41. The van der Waals surface area contributed by atoms with E-state index in [1.807, 2.05) is 73.7 Å². The lowest BCUT2D eigenvalue weighted by atomic mass is 10.0. The van der Waals surface area contributed by atoms with Crippen molar-refractivity contribution in [3.8, 4) is 0 Å². The Labute approximate surface area is 163 Å². The zero-order chi connectivity index (χ0) is 18.4. The first kappa shape index (κ1) is 18.6. The summed E-state index contributed by atoms with van der Waals surface area (Å²) in [5, 5.41) is 3.79. The van der Waals surface area contributed by atoms with Crippen LogP contribution in [0.3, 0.4) is 0 Å². The van der Waals surface area contributed by atoms with Crippen molar-refractivity contribution in [2.24, 2.45) is 0 Å². The second kappa shape index (κ2) is 8.93. The van der Waals surface area contributed by atoms with E-state index in [-0.39, 0.29) is 11.2 Å². The molecule has 3 aromatic rings. The van der Waals surface area contributed by atoms with Gasteiger partial charge in [0, 0.05) is 10.7 Å². The number of carbonyl (C=O) groups is 1. The minimum atomic E-state index is -0.000746. The fraction of sp³-hybridized carbons (Fsp3) is 0.136. The number of para-hydroxylation sites is 1. The Kier molecular flexibility index (Phi) is 6.37. The van der Waals surface area contributed by atoms with Crippen LogP contribution in [0.25, 0.3) is 0 Å². The first-order valence-corrected chi connectivity index (χ1v) is 9.83. The Morgan fingerprint density at radius 1 is 0.923 bits per heavy atom. The van der Waals surface area contributed by atoms with Crippen molar-refractivity contribution in [3.05, 3.63) is 101 Å². The van der Waals surface area contributed by atoms with Crippen LogP contribution in [0.15, 0.2) is 78.9 Å². The largest absolute Gasteiger partial charge is 0.325 e. The molecule has 1 unspecified atom stereocenters. The molecule has 0 aromatic heterocycles. The van der Waals surface area contributed by atoms with Gasteiger partial charge in [-0.3, -0.25) is 4.79 Å². The normalized spacial score (nSPS) is 11.8. The number of halogens is 1. The number of benzene rings is 3. The molecule has 3 rings (SSSR count). The Hall–Kier alpha value is -2.23. The third-order valence-electron chi connectivity index (χ3n) is 4.08. The smallest absolute Gasteiger partial charge is 0.234 e. The van der Waals surface area contributed by atoms with Crippen LogP contribution in [0.5, 0.6) is 0 Å². The van der Waals surface area contributed by atoms with Crippen LogP contribution >= 0.6 is 23.4 Å². The number of carbonyl (C=O) groups excluding carboxylic acids is 1. The van der Waals surface area contributed by atoms with E-state index in [9.17, 15) is 4.79 Å². The van der Waals surface area contributed by atoms with Crippen LogP contribution < -0.4 is 5.32 Å². The molecule has 0 spiro atoms. The number of hydrogen-bond donors (Lipinski definition) is 1. The van der Waals surface area contributed by atoms with E-state index in [0.717, 1.165) is 16.8 Å². The quantitative estimate of drug-likeness (QED) is 0.558. The summed E-state index contributed by atoms with van der Waals surface area (Å²) in [5.74, 6) is 0.371. The second-order valence-electron chi connectivity index (χ2n) is 6.02. The molecule has 0 fully saturated rings. The molecule has 1 atom stereocenters. The summed E-state index contributed by atoms with van der Waals surface area (Å²) < 4.78 is 0. The summed E-state index contributed by atoms with van der Waals surface area (Å²) in [5.41, 5.74) is 4.22. The molecule has 1 N–H and O–H groups in total. The highest BCUT2D eigenvalue weighted by molar-refractivity contribution is 8.00. The van der Waals surface area contributed by atoms with Crippen molar-refractivity contribution >= 4 is 35.0 Å². The van der Waals surface area contributed by atoms with Crippen molar-refractivity contribution in [1.82, 2.24) is 0 Å². The summed E-state index contributed by atoms with van der Waals surface area (Å²) in [6.07, 6.45) is 0. The maximum Gasteiger partial charge on any atom is 0.234 e. The molecule has 0 saturated heterocycles. The fourth-order valence-corrected chi connectivity index (χ4v) is 3.92. The number of anilines is 1. The Balaban J connectivity index is 1.73. The number of nitrogens with one attached hydrogen (secondary N) is 1. The van der Waals surface area contributed by atoms with E-state index in [1.165, 1.54) is 5.56 Å². The molecule has 4 heteroatoms. The molecular formula is C22H20ClNOS. The summed E-state index contributed by atoms with van der Waals surface area (Å²) >= 11 is 7.64. The van der Waals surface area contributed by atoms with Gasteiger partial charge in [0.1, 0.15) is 0 Å². The molecular weight excluding hydrogens is 362 g/mol. The van der Waals surface area contributed by atoms with Crippen LogP contribution in [0.1, 0.15) is 21.9 Å². The lowest BCUT2D eigenvalue weighted by molar-refractivity contribution is -0.113. The molecule has 2 nitrogen and oxygen atoms in total. The SMILES string of the molecule is Cc1ccccc1NC(=O)CSC(c1ccccc1)c1ccc(Cl)cc1. The van der Waals surface area contributed by atoms with Gasteiger partial charge in [0.2, 0.25) is 5.91 Å². The highest BCUT2D eigenvalue weighted by Crippen LogP contribution is 2.36. The van der Waals surface area contributed by atoms with Crippen molar-refractivity contribution in [1.29, 1.82) is 0 Å². The standard InChI is InChI=1S/C22H20ClNOS/c1-16-7-5-6-10-20(16)24-21(25)15-26-22(17-8-3-2-4-9-17)18-11-13-19(23)14-12-18/h2-14,22H,15H2,1H3,(H,24,25). The number of hydrogen-bond acceptors (Lipinski definition) is 2. The van der Waals surface area contributed by atoms with Crippen LogP contribution in [0, 0.1) is 6.92 Å². The first-order chi connectivity index (χ1) is 12.6. The summed E-state index contributed by atoms with van der Waals surface area (Å²) in [6.45, 7) is 1.99. The molecule has 0 saturated carbocycles. The van der Waals surface area contributed by atoms with E-state index in [1.54, 1.807) is 11.8 Å². The maximum absolute atomic E-state index is 12.4. The molecule has 1 amide bonds. The van der Waals surface area contributed by atoms with Gasteiger partial charge < -0.3 is 5.32 Å². The average molecular weight is 382 g/mol. The molecule has 132 valence electrons. The van der Waals surface area contributed by atoms with Crippen LogP contribution in [0.2, 0.25) is 5.02 Å². The number of amides is 1. The van der Waals surface area contributed by atoms with Gasteiger partial charge in [-0.1, -0.05) is 72.3 Å². The van der Waals surface area contributed by atoms with Gasteiger partial charge in [-0.2, -0.15) is 0 Å². The second-order valence-corrected chi connectivity index (χ2v) is 7.55. The molecule has 0 bridgehead atoms. The van der Waals surface area contributed by atoms with Gasteiger partial charge in [0.05, 0.1) is 11.0 Å². The molecule has 0 aliphatic heterocycles. The fourth-order valence-electron chi connectivity index (χ4n) is 2.71. The minimum Gasteiger partial charge on any atom is -0.325 e. The van der Waals surface area contributed by atoms with Crippen molar-refractivity contribution in [2.75, 3.05) is 11.1 Å². The lowest BCUT2D eigenvalue weighted by Crippen LogP contribution is -2.16. The highest BCUT2D eigenvalue weighted by atomic mass is 35.5. The summed E-state index contributed by atoms with van der Waals surface area (Å²) in [7, 11) is 0. The number of aryl methyl sites for hydroxylation is 1. The third-order valence-corrected chi connectivity index (χ3v) is 5.63. The number of rotatable bonds is 6. The Bertz CT molecular complexity index is 865. The summed E-state index contributed by atoms with van der Waals surface area (Å²) in [6, 6.07) is 25.8. The molecule has 0 aliphatic rings. The number of thioether (sulfide) groups is 1. The van der Waals surface area contributed by atoms with E-state index in [2.05, 4.69) is 17.4 Å². The van der Waals surface area contributed by atoms with Gasteiger partial charge in [0.15, 0.2) is 0 Å².